The molecule has 0 spiro atoms. The fourth-order valence-electron chi connectivity index (χ4n) is 18.4. The first-order valence-corrected chi connectivity index (χ1v) is 54.2. The summed E-state index contributed by atoms with van der Waals surface area (Å²) in [5, 5.41) is 12.4. The van der Waals surface area contributed by atoms with Crippen LogP contribution < -0.4 is 56.8 Å². The summed E-state index contributed by atoms with van der Waals surface area (Å²) in [7, 11) is 0. The van der Waals surface area contributed by atoms with E-state index in [4.69, 9.17) is 66.3 Å². The topological polar surface area (TPSA) is 129 Å². The Hall–Kier alpha value is -7.16. The minimum absolute atomic E-state index is 0.261. The number of fused-ring (bicyclic) bond motifs is 14. The first-order valence-electron chi connectivity index (χ1n) is 54.2. The highest BCUT2D eigenvalue weighted by molar-refractivity contribution is 6.28. The summed E-state index contributed by atoms with van der Waals surface area (Å²) in [5.74, 6) is 8.62. The molecule has 0 amide bonds. The first-order chi connectivity index (χ1) is 64.4. The Kier molecular flexibility index (Phi) is 55.0. The van der Waals surface area contributed by atoms with Crippen LogP contribution >= 0.6 is 0 Å². The van der Waals surface area contributed by atoms with E-state index >= 15 is 0 Å². The molecule has 14 heteroatoms. The molecule has 8 aromatic rings. The zero-order valence-electron chi connectivity index (χ0n) is 83.6. The monoisotopic (exact) mass is 1800 g/mol. The van der Waals surface area contributed by atoms with Crippen molar-refractivity contribution in [3.63, 3.8) is 0 Å². The van der Waals surface area contributed by atoms with Crippen LogP contribution in [0.4, 0.5) is 0 Å². The van der Waals surface area contributed by atoms with Gasteiger partial charge in [-0.3, -0.25) is 0 Å². The van der Waals surface area contributed by atoms with Gasteiger partial charge in [0.2, 0.25) is 0 Å². The second-order valence-corrected chi connectivity index (χ2v) is 37.4. The fourth-order valence-corrected chi connectivity index (χ4v) is 18.4. The van der Waals surface area contributed by atoms with Gasteiger partial charge in [0, 0.05) is 0 Å². The molecule has 0 unspecified atom stereocenters. The molecule has 0 aromatic heterocycles. The molecule has 0 saturated heterocycles. The van der Waals surface area contributed by atoms with Gasteiger partial charge in [0.1, 0.15) is 26.4 Å². The second-order valence-electron chi connectivity index (χ2n) is 37.4. The predicted octanol–water partition coefficient (Wildman–Crippen LogP) is 34.9. The summed E-state index contributed by atoms with van der Waals surface area (Å²) in [6, 6.07) is 26.7. The summed E-state index contributed by atoms with van der Waals surface area (Å²) in [6.07, 6.45) is 67.3. The van der Waals surface area contributed by atoms with Crippen LogP contribution in [0.2, 0.25) is 0 Å². The fraction of sp³-hybridized carbons (Fsp3) is 0.690. The van der Waals surface area contributed by atoms with Crippen LogP contribution in [0.3, 0.4) is 0 Å². The van der Waals surface area contributed by atoms with Gasteiger partial charge in [-0.2, -0.15) is 0 Å². The minimum Gasteiger partial charge on any atom is -0.490 e. The summed E-state index contributed by atoms with van der Waals surface area (Å²) >= 11 is 0. The van der Waals surface area contributed by atoms with E-state index in [2.05, 4.69) is 128 Å². The van der Waals surface area contributed by atoms with Gasteiger partial charge in [-0.25, -0.2) is 0 Å². The lowest BCUT2D eigenvalue weighted by atomic mass is 9.93. The number of hydrogen-bond acceptors (Lipinski definition) is 14. The maximum absolute atomic E-state index is 6.96. The predicted molar refractivity (Wildman–Crippen MR) is 549 cm³/mol. The molecule has 130 heavy (non-hydrogen) atoms. The van der Waals surface area contributed by atoms with Crippen LogP contribution in [-0.2, 0) is 9.47 Å². The lowest BCUT2D eigenvalue weighted by Gasteiger charge is -2.21. The van der Waals surface area contributed by atoms with Gasteiger partial charge in [-0.05, 0) is 189 Å². The van der Waals surface area contributed by atoms with E-state index in [9.17, 15) is 0 Å². The molecule has 0 aliphatic carbocycles. The average Bonchev–Trinajstić information content (AvgIpc) is 0.730. The van der Waals surface area contributed by atoms with Gasteiger partial charge in [-0.15, -0.1) is 0 Å². The van der Waals surface area contributed by atoms with E-state index in [0.29, 0.717) is 102 Å². The van der Waals surface area contributed by atoms with Crippen LogP contribution in [-0.4, -0.2) is 106 Å². The van der Waals surface area contributed by atoms with Crippen molar-refractivity contribution >= 4 is 64.6 Å². The molecule has 9 rings (SSSR count). The first kappa shape index (κ1) is 107. The van der Waals surface area contributed by atoms with Gasteiger partial charge < -0.3 is 66.3 Å². The molecule has 0 N–H and O–H groups in total. The molecule has 0 fully saturated rings. The van der Waals surface area contributed by atoms with E-state index in [1.165, 1.54) is 257 Å². The number of rotatable bonds is 72. The van der Waals surface area contributed by atoms with E-state index < -0.39 is 0 Å². The third-order valence-corrected chi connectivity index (χ3v) is 26.2. The second kappa shape index (κ2) is 67.1. The summed E-state index contributed by atoms with van der Waals surface area (Å²) < 4.78 is 96.5. The number of benzene rings is 8. The maximum atomic E-state index is 6.96. The molecule has 0 atom stereocenters. The lowest BCUT2D eigenvalue weighted by molar-refractivity contribution is 0.0641. The highest BCUT2D eigenvalue weighted by atomic mass is 16.6. The van der Waals surface area contributed by atoms with Crippen LogP contribution in [0.1, 0.15) is 415 Å². The van der Waals surface area contributed by atoms with Gasteiger partial charge in [0.05, 0.1) is 79.3 Å². The zero-order chi connectivity index (χ0) is 91.2. The van der Waals surface area contributed by atoms with Crippen molar-refractivity contribution in [3.05, 3.63) is 72.8 Å². The molecule has 1 aliphatic rings. The van der Waals surface area contributed by atoms with Crippen LogP contribution in [0.15, 0.2) is 72.8 Å². The molecule has 728 valence electrons. The van der Waals surface area contributed by atoms with Crippen molar-refractivity contribution in [3.8, 4) is 69.0 Å². The standard InChI is InChI=1S/C116H180O14/c1-9-17-25-33-41-49-57-65-119-105-81-93-94-82-106(120-66-58-50-42-34-26-18-10-2)110(124-70-62-54-46-38-30-22-14-6)86-98(94)102-90-114-113(89-101(102)97(93)85-109(105)123-69-61-53-45-37-29-21-13-5)127-77-73-117-75-79-129-115-91-103-99-87-111(125-71-63-55-47-39-31-23-15-7)107(121-67-59-51-43-35-27-19-11-3)83-95(99)96-84-108(122-68-60-52-44-36-28-20-12-4)112(126-72-64-56-48-40-32-24-16-8)88-100(96)104(103)92-116(115)130-80-76-118-74-78-128-114/h81-92H,9-80H2,1-8H3. The molecule has 0 saturated carbocycles. The molecular weight excluding hydrogens is 1620 g/mol. The van der Waals surface area contributed by atoms with Gasteiger partial charge in [-0.1, -0.05) is 364 Å². The van der Waals surface area contributed by atoms with Gasteiger partial charge in [0.25, 0.3) is 0 Å². The molecule has 0 bridgehead atoms. The summed E-state index contributed by atoms with van der Waals surface area (Å²) in [5.41, 5.74) is 0. The SMILES string of the molecule is CCCCCCCCCOc1cc2c3cc(OCCCCCCCCC)c(OCCCCCCCCC)cc3c3cc4c(cc3c2cc1OCCCCCCCCC)OCCOCCOc1cc2c3cc(OCCCCCCCCC)c(OCCCCCCCCC)cc3c3cc(OCCCCCCCCC)c(OCCCCCCCCC)cc3c2cc1OCCOCCO4. The molecular formula is C116H180O14. The van der Waals surface area contributed by atoms with Crippen LogP contribution in [0, 0.1) is 0 Å². The van der Waals surface area contributed by atoms with Crippen LogP contribution in [0.25, 0.3) is 64.6 Å². The Labute approximate surface area is 788 Å². The number of unbranched alkanes of at least 4 members (excludes halogenated alkanes) is 48. The van der Waals surface area contributed by atoms with Gasteiger partial charge >= 0.3 is 0 Å². The third kappa shape index (κ3) is 38.3. The van der Waals surface area contributed by atoms with E-state index in [1.54, 1.807) is 0 Å². The van der Waals surface area contributed by atoms with Crippen LogP contribution in [0.5, 0.6) is 69.0 Å². The zero-order valence-corrected chi connectivity index (χ0v) is 83.6. The third-order valence-electron chi connectivity index (χ3n) is 26.2. The Bertz CT molecular complexity index is 3780. The lowest BCUT2D eigenvalue weighted by Crippen LogP contribution is -2.15. The summed E-state index contributed by atoms with van der Waals surface area (Å²) in [6.45, 7) is 25.4. The molecule has 14 nitrogen and oxygen atoms in total. The molecule has 1 aliphatic heterocycles. The van der Waals surface area contributed by atoms with E-state index in [-0.39, 0.29) is 26.4 Å². The Morgan fingerprint density at radius 1 is 0.146 bits per heavy atom. The minimum atomic E-state index is 0.261. The molecule has 8 aromatic carbocycles. The maximum Gasteiger partial charge on any atom is 0.161 e. The quantitative estimate of drug-likeness (QED) is 0.0265. The summed E-state index contributed by atoms with van der Waals surface area (Å²) in [4.78, 5) is 0. The van der Waals surface area contributed by atoms with Crippen molar-refractivity contribution in [2.75, 3.05) is 106 Å². The van der Waals surface area contributed by atoms with E-state index in [1.807, 2.05) is 0 Å². The normalized spacial score (nSPS) is 13.0. The largest absolute Gasteiger partial charge is 0.490 e. The Morgan fingerprint density at radius 2 is 0.262 bits per heavy atom. The Morgan fingerprint density at radius 3 is 0.392 bits per heavy atom. The van der Waals surface area contributed by atoms with Crippen molar-refractivity contribution in [1.82, 2.24) is 0 Å². The van der Waals surface area contributed by atoms with Gasteiger partial charge in [0.15, 0.2) is 69.0 Å². The van der Waals surface area contributed by atoms with Crippen molar-refractivity contribution in [2.24, 2.45) is 0 Å². The highest BCUT2D eigenvalue weighted by Gasteiger charge is 2.25. The smallest absolute Gasteiger partial charge is 0.161 e. The molecule has 1 heterocycles. The molecule has 0 radical (unpaired) electrons. The average molecular weight is 1800 g/mol. The van der Waals surface area contributed by atoms with Crippen molar-refractivity contribution in [2.45, 2.75) is 415 Å². The Balaban J connectivity index is 1.08. The van der Waals surface area contributed by atoms with Crippen molar-refractivity contribution in [1.29, 1.82) is 0 Å². The van der Waals surface area contributed by atoms with Crippen molar-refractivity contribution < 1.29 is 66.3 Å². The highest BCUT2D eigenvalue weighted by Crippen LogP contribution is 2.50. The number of ether oxygens (including phenoxy) is 14. The number of hydrogen-bond donors (Lipinski definition) is 0. The van der Waals surface area contributed by atoms with E-state index in [0.717, 1.165) is 213 Å².